The summed E-state index contributed by atoms with van der Waals surface area (Å²) in [4.78, 5) is 33.4. The lowest BCUT2D eigenvalue weighted by Gasteiger charge is -2.23. The third-order valence-corrected chi connectivity index (χ3v) is 5.97. The maximum absolute atomic E-state index is 13.6. The smallest absolute Gasteiger partial charge is 0.265 e. The van der Waals surface area contributed by atoms with Crippen LogP contribution in [0, 0.1) is 6.92 Å². The van der Waals surface area contributed by atoms with E-state index < -0.39 is 0 Å². The molecule has 2 aromatic heterocycles. The Morgan fingerprint density at radius 1 is 1.06 bits per heavy atom. The highest BCUT2D eigenvalue weighted by Crippen LogP contribution is 2.33. The van der Waals surface area contributed by atoms with Gasteiger partial charge in [0, 0.05) is 23.3 Å². The number of aromatic nitrogens is 2. The lowest BCUT2D eigenvalue weighted by Crippen LogP contribution is -2.40. The summed E-state index contributed by atoms with van der Waals surface area (Å²) in [5.74, 6) is -0.258. The number of nitrogens with zero attached hydrogens (tertiary/aromatic N) is 3. The minimum Gasteiger partial charge on any atom is -0.305 e. The Hall–Kier alpha value is -3.73. The largest absolute Gasteiger partial charge is 0.305 e. The number of anilines is 1. The van der Waals surface area contributed by atoms with Crippen LogP contribution in [0.15, 0.2) is 77.7 Å². The number of hydrogen-bond acceptors (Lipinski definition) is 3. The Morgan fingerprint density at radius 2 is 1.84 bits per heavy atom. The van der Waals surface area contributed by atoms with Gasteiger partial charge in [-0.15, -0.1) is 0 Å². The average Bonchev–Trinajstić information content (AvgIpc) is 3.12. The van der Waals surface area contributed by atoms with Crippen LogP contribution in [0.2, 0.25) is 0 Å². The molecule has 0 saturated heterocycles. The summed E-state index contributed by atoms with van der Waals surface area (Å²) in [5, 5.41) is 0.776. The number of benzene rings is 2. The van der Waals surface area contributed by atoms with Gasteiger partial charge in [-0.3, -0.25) is 14.2 Å². The topological polar surface area (TPSA) is 55.2 Å². The van der Waals surface area contributed by atoms with E-state index in [9.17, 15) is 9.59 Å². The predicted octanol–water partition coefficient (Wildman–Crippen LogP) is 4.34. The monoisotopic (exact) mass is 409 g/mol. The highest BCUT2D eigenvalue weighted by atomic mass is 16.2. The van der Waals surface area contributed by atoms with Crippen molar-refractivity contribution in [3.05, 3.63) is 106 Å². The zero-order valence-electron chi connectivity index (χ0n) is 17.6. The Bertz CT molecular complexity index is 1360. The second-order valence-corrected chi connectivity index (χ2v) is 8.21. The molecule has 2 aromatic carbocycles. The number of carbonyl (C=O) groups is 1. The van der Waals surface area contributed by atoms with Crippen molar-refractivity contribution in [2.45, 2.75) is 32.9 Å². The standard InChI is InChI=1S/C26H23N3O2/c1-17-9-11-19(12-10-17)16-28-24-21(7-5-13-27-24)15-22(25(28)30)26(31)29-18(2)14-20-6-3-4-8-23(20)29/h3-13,15,18H,14,16H2,1-2H3/t18-/m1/s1. The van der Waals surface area contributed by atoms with Gasteiger partial charge in [0.15, 0.2) is 0 Å². The molecule has 0 unspecified atom stereocenters. The summed E-state index contributed by atoms with van der Waals surface area (Å²) in [6.45, 7) is 4.41. The summed E-state index contributed by atoms with van der Waals surface area (Å²) in [6, 6.07) is 21.4. The lowest BCUT2D eigenvalue weighted by molar-refractivity contribution is 0.0979. The van der Waals surface area contributed by atoms with Crippen LogP contribution in [0.4, 0.5) is 5.69 Å². The molecule has 1 aliphatic rings. The zero-order valence-corrected chi connectivity index (χ0v) is 17.6. The van der Waals surface area contributed by atoms with Crippen LogP contribution in [-0.4, -0.2) is 21.5 Å². The van der Waals surface area contributed by atoms with Crippen molar-refractivity contribution >= 4 is 22.6 Å². The van der Waals surface area contributed by atoms with Crippen molar-refractivity contribution < 1.29 is 4.79 Å². The molecule has 1 atom stereocenters. The van der Waals surface area contributed by atoms with Gasteiger partial charge < -0.3 is 4.90 Å². The van der Waals surface area contributed by atoms with Gasteiger partial charge in [0.2, 0.25) is 0 Å². The molecule has 4 aromatic rings. The molecule has 5 nitrogen and oxygen atoms in total. The third kappa shape index (κ3) is 3.32. The molecule has 5 rings (SSSR count). The Kier molecular flexibility index (Phi) is 4.66. The fourth-order valence-corrected chi connectivity index (χ4v) is 4.39. The first-order valence-electron chi connectivity index (χ1n) is 10.5. The van der Waals surface area contributed by atoms with Gasteiger partial charge >= 0.3 is 0 Å². The Labute approximate surface area is 180 Å². The van der Waals surface area contributed by atoms with E-state index in [1.807, 2.05) is 74.5 Å². The molecular formula is C26H23N3O2. The van der Waals surface area contributed by atoms with Crippen LogP contribution in [0.1, 0.15) is 34.0 Å². The number of aryl methyl sites for hydroxylation is 1. The minimum atomic E-state index is -0.312. The van der Waals surface area contributed by atoms with Crippen LogP contribution < -0.4 is 10.5 Å². The highest BCUT2D eigenvalue weighted by Gasteiger charge is 2.33. The minimum absolute atomic E-state index is 0.000515. The summed E-state index contributed by atoms with van der Waals surface area (Å²) in [5.41, 5.74) is 4.61. The van der Waals surface area contributed by atoms with E-state index in [1.165, 1.54) is 0 Å². The van der Waals surface area contributed by atoms with E-state index in [2.05, 4.69) is 4.98 Å². The van der Waals surface area contributed by atoms with E-state index in [0.717, 1.165) is 34.2 Å². The quantitative estimate of drug-likeness (QED) is 0.506. The van der Waals surface area contributed by atoms with Crippen LogP contribution in [0.3, 0.4) is 0 Å². The summed E-state index contributed by atoms with van der Waals surface area (Å²) < 4.78 is 1.61. The molecule has 0 N–H and O–H groups in total. The zero-order chi connectivity index (χ0) is 21.5. The van der Waals surface area contributed by atoms with E-state index in [0.29, 0.717) is 12.2 Å². The SMILES string of the molecule is Cc1ccc(Cn2c(=O)c(C(=O)N3c4ccccc4C[C@H]3C)cc3cccnc32)cc1. The number of hydrogen-bond donors (Lipinski definition) is 0. The van der Waals surface area contributed by atoms with Crippen molar-refractivity contribution in [2.24, 2.45) is 0 Å². The first kappa shape index (κ1) is 19.2. The van der Waals surface area contributed by atoms with Crippen molar-refractivity contribution in [1.82, 2.24) is 9.55 Å². The van der Waals surface area contributed by atoms with Crippen LogP contribution >= 0.6 is 0 Å². The number of pyridine rings is 2. The molecule has 1 amide bonds. The van der Waals surface area contributed by atoms with Gasteiger partial charge in [-0.25, -0.2) is 4.98 Å². The van der Waals surface area contributed by atoms with Crippen LogP contribution in [-0.2, 0) is 13.0 Å². The van der Waals surface area contributed by atoms with Crippen molar-refractivity contribution in [1.29, 1.82) is 0 Å². The fraction of sp³-hybridized carbons (Fsp3) is 0.192. The van der Waals surface area contributed by atoms with E-state index in [1.54, 1.807) is 21.7 Å². The molecule has 0 spiro atoms. The maximum atomic E-state index is 13.6. The van der Waals surface area contributed by atoms with Gasteiger partial charge in [0.1, 0.15) is 11.2 Å². The molecule has 1 aliphatic heterocycles. The molecule has 0 fully saturated rings. The van der Waals surface area contributed by atoms with Crippen molar-refractivity contribution in [3.8, 4) is 0 Å². The van der Waals surface area contributed by atoms with E-state index >= 15 is 0 Å². The summed E-state index contributed by atoms with van der Waals surface area (Å²) >= 11 is 0. The number of amides is 1. The summed E-state index contributed by atoms with van der Waals surface area (Å²) in [7, 11) is 0. The van der Waals surface area contributed by atoms with Crippen LogP contribution in [0.25, 0.3) is 11.0 Å². The highest BCUT2D eigenvalue weighted by molar-refractivity contribution is 6.08. The molecular weight excluding hydrogens is 386 g/mol. The molecule has 154 valence electrons. The molecule has 0 aliphatic carbocycles. The lowest BCUT2D eigenvalue weighted by atomic mass is 10.1. The van der Waals surface area contributed by atoms with Gasteiger partial charge in [0.05, 0.1) is 6.54 Å². The van der Waals surface area contributed by atoms with Gasteiger partial charge in [-0.1, -0.05) is 48.0 Å². The molecule has 31 heavy (non-hydrogen) atoms. The number of fused-ring (bicyclic) bond motifs is 2. The predicted molar refractivity (Wildman–Crippen MR) is 123 cm³/mol. The van der Waals surface area contributed by atoms with Gasteiger partial charge in [-0.05, 0) is 55.7 Å². The number of para-hydroxylation sites is 1. The van der Waals surface area contributed by atoms with E-state index in [4.69, 9.17) is 0 Å². The first-order valence-corrected chi connectivity index (χ1v) is 10.5. The molecule has 5 heteroatoms. The normalized spacial score (nSPS) is 15.3. The van der Waals surface area contributed by atoms with Gasteiger partial charge in [-0.2, -0.15) is 0 Å². The number of rotatable bonds is 3. The van der Waals surface area contributed by atoms with E-state index in [-0.39, 0.29) is 23.1 Å². The first-order chi connectivity index (χ1) is 15.0. The van der Waals surface area contributed by atoms with Crippen molar-refractivity contribution in [2.75, 3.05) is 4.90 Å². The van der Waals surface area contributed by atoms with Crippen LogP contribution in [0.5, 0.6) is 0 Å². The molecule has 3 heterocycles. The average molecular weight is 409 g/mol. The second kappa shape index (κ2) is 7.51. The van der Waals surface area contributed by atoms with Crippen molar-refractivity contribution in [3.63, 3.8) is 0 Å². The molecule has 0 bridgehead atoms. The Morgan fingerprint density at radius 3 is 2.65 bits per heavy atom. The Balaban J connectivity index is 1.64. The second-order valence-electron chi connectivity index (χ2n) is 8.21. The number of carbonyl (C=O) groups excluding carboxylic acids is 1. The fourth-order valence-electron chi connectivity index (χ4n) is 4.39. The molecule has 0 radical (unpaired) electrons. The third-order valence-electron chi connectivity index (χ3n) is 5.97. The maximum Gasteiger partial charge on any atom is 0.265 e. The summed E-state index contributed by atoms with van der Waals surface area (Å²) in [6.07, 6.45) is 2.46. The van der Waals surface area contributed by atoms with Gasteiger partial charge in [0.25, 0.3) is 11.5 Å². The molecule has 0 saturated carbocycles.